The second-order valence-electron chi connectivity index (χ2n) is 4.06. The van der Waals surface area contributed by atoms with E-state index in [2.05, 4.69) is 15.9 Å². The molecule has 18 heavy (non-hydrogen) atoms. The molecule has 2 rings (SSSR count). The predicted molar refractivity (Wildman–Crippen MR) is 79.1 cm³/mol. The summed E-state index contributed by atoms with van der Waals surface area (Å²) in [7, 11) is 0. The summed E-state index contributed by atoms with van der Waals surface area (Å²) in [4.78, 5) is 0. The van der Waals surface area contributed by atoms with Gasteiger partial charge in [-0.3, -0.25) is 0 Å². The number of ether oxygens (including phenoxy) is 1. The van der Waals surface area contributed by atoms with E-state index in [1.807, 2.05) is 43.3 Å². The summed E-state index contributed by atoms with van der Waals surface area (Å²) < 4.78 is 6.71. The minimum atomic E-state index is 0.452. The maximum atomic E-state index is 5.94. The fraction of sp³-hybridized carbons (Fsp3) is 0.143. The molecular weight excluding hydrogens is 314 g/mol. The molecule has 0 atom stereocenters. The van der Waals surface area contributed by atoms with Gasteiger partial charge in [0.25, 0.3) is 0 Å². The highest BCUT2D eigenvalue weighted by molar-refractivity contribution is 9.10. The zero-order valence-corrected chi connectivity index (χ0v) is 12.3. The summed E-state index contributed by atoms with van der Waals surface area (Å²) >= 11 is 9.32. The average molecular weight is 327 g/mol. The molecule has 0 fully saturated rings. The van der Waals surface area contributed by atoms with Crippen LogP contribution in [0.15, 0.2) is 40.9 Å². The first-order chi connectivity index (χ1) is 8.56. The van der Waals surface area contributed by atoms with E-state index in [1.165, 1.54) is 0 Å². The van der Waals surface area contributed by atoms with Gasteiger partial charge in [-0.2, -0.15) is 0 Å². The minimum absolute atomic E-state index is 0.452. The van der Waals surface area contributed by atoms with E-state index in [4.69, 9.17) is 22.1 Å². The Balaban J connectivity index is 2.16. The Hall–Kier alpha value is -1.19. The number of rotatable bonds is 3. The van der Waals surface area contributed by atoms with E-state index in [1.54, 1.807) is 0 Å². The van der Waals surface area contributed by atoms with Crippen LogP contribution in [0.3, 0.4) is 0 Å². The van der Waals surface area contributed by atoms with Crippen molar-refractivity contribution in [1.29, 1.82) is 0 Å². The molecule has 0 spiro atoms. The molecule has 0 aliphatic carbocycles. The third-order valence-electron chi connectivity index (χ3n) is 2.54. The van der Waals surface area contributed by atoms with Gasteiger partial charge in [-0.15, -0.1) is 0 Å². The van der Waals surface area contributed by atoms with E-state index in [9.17, 15) is 0 Å². The molecule has 4 heteroatoms. The van der Waals surface area contributed by atoms with Crippen LogP contribution in [0.1, 0.15) is 11.1 Å². The fourth-order valence-corrected chi connectivity index (χ4v) is 2.54. The molecule has 0 unspecified atom stereocenters. The first-order valence-electron chi connectivity index (χ1n) is 5.49. The lowest BCUT2D eigenvalue weighted by atomic mass is 10.2. The number of nitrogen functional groups attached to an aromatic ring is 1. The molecule has 0 bridgehead atoms. The largest absolute Gasteiger partial charge is 0.486 e. The maximum absolute atomic E-state index is 5.94. The molecule has 0 aliphatic heterocycles. The van der Waals surface area contributed by atoms with E-state index < -0.39 is 0 Å². The van der Waals surface area contributed by atoms with Crippen LogP contribution >= 0.6 is 27.5 Å². The second kappa shape index (κ2) is 5.63. The number of anilines is 1. The third-order valence-corrected chi connectivity index (χ3v) is 3.23. The monoisotopic (exact) mass is 325 g/mol. The Labute approximate surface area is 120 Å². The second-order valence-corrected chi connectivity index (χ2v) is 5.41. The molecule has 0 aliphatic rings. The summed E-state index contributed by atoms with van der Waals surface area (Å²) in [5.41, 5.74) is 8.59. The van der Waals surface area contributed by atoms with Gasteiger partial charge in [-0.1, -0.05) is 39.7 Å². The number of nitrogens with two attached hydrogens (primary N) is 1. The van der Waals surface area contributed by atoms with Crippen LogP contribution < -0.4 is 10.5 Å². The smallest absolute Gasteiger partial charge is 0.145 e. The van der Waals surface area contributed by atoms with Crippen molar-refractivity contribution < 1.29 is 4.74 Å². The lowest BCUT2D eigenvalue weighted by Gasteiger charge is -2.12. The molecule has 0 aromatic heterocycles. The number of hydrogen-bond acceptors (Lipinski definition) is 2. The summed E-state index contributed by atoms with van der Waals surface area (Å²) in [6.45, 7) is 2.42. The van der Waals surface area contributed by atoms with Crippen molar-refractivity contribution in [2.24, 2.45) is 0 Å². The van der Waals surface area contributed by atoms with Crippen LogP contribution in [0.4, 0.5) is 5.69 Å². The summed E-state index contributed by atoms with van der Waals surface area (Å²) in [6.07, 6.45) is 0. The molecule has 2 N–H and O–H groups in total. The van der Waals surface area contributed by atoms with Crippen molar-refractivity contribution in [3.63, 3.8) is 0 Å². The van der Waals surface area contributed by atoms with Crippen LogP contribution in [-0.4, -0.2) is 0 Å². The molecular formula is C14H13BrClNO. The van der Waals surface area contributed by atoms with Crippen molar-refractivity contribution in [3.05, 3.63) is 57.0 Å². The van der Waals surface area contributed by atoms with Crippen LogP contribution in [0.25, 0.3) is 0 Å². The summed E-state index contributed by atoms with van der Waals surface area (Å²) in [6, 6.07) is 11.4. The van der Waals surface area contributed by atoms with Crippen LogP contribution in [0.5, 0.6) is 5.75 Å². The van der Waals surface area contributed by atoms with Gasteiger partial charge in [0.1, 0.15) is 12.4 Å². The highest BCUT2D eigenvalue weighted by Crippen LogP contribution is 2.30. The highest BCUT2D eigenvalue weighted by Gasteiger charge is 2.06. The predicted octanol–water partition coefficient (Wildman–Crippen LogP) is 4.57. The Morgan fingerprint density at radius 2 is 2.06 bits per heavy atom. The minimum Gasteiger partial charge on any atom is -0.486 e. The zero-order valence-electron chi connectivity index (χ0n) is 9.91. The molecule has 2 aromatic rings. The number of benzene rings is 2. The Morgan fingerprint density at radius 3 is 2.72 bits per heavy atom. The lowest BCUT2D eigenvalue weighted by Crippen LogP contribution is -2.00. The molecule has 0 amide bonds. The quantitative estimate of drug-likeness (QED) is 0.838. The van der Waals surface area contributed by atoms with E-state index in [-0.39, 0.29) is 0 Å². The number of halogens is 2. The Kier molecular flexibility index (Phi) is 4.15. The van der Waals surface area contributed by atoms with Crippen LogP contribution in [0, 0.1) is 6.92 Å². The first-order valence-corrected chi connectivity index (χ1v) is 6.66. The third kappa shape index (κ3) is 3.18. The van der Waals surface area contributed by atoms with E-state index in [0.717, 1.165) is 21.3 Å². The summed E-state index contributed by atoms with van der Waals surface area (Å²) in [5.74, 6) is 0.721. The van der Waals surface area contributed by atoms with Gasteiger partial charge in [0, 0.05) is 9.50 Å². The van der Waals surface area contributed by atoms with Gasteiger partial charge in [0.05, 0.1) is 5.69 Å². The SMILES string of the molecule is Cc1cc(Br)cc(N)c1OCc1cccc(Cl)c1. The van der Waals surface area contributed by atoms with Gasteiger partial charge in [-0.25, -0.2) is 0 Å². The topological polar surface area (TPSA) is 35.2 Å². The molecule has 2 nitrogen and oxygen atoms in total. The van der Waals surface area contributed by atoms with Crippen molar-refractivity contribution in [3.8, 4) is 5.75 Å². The van der Waals surface area contributed by atoms with Crippen LogP contribution in [-0.2, 0) is 6.61 Å². The zero-order chi connectivity index (χ0) is 13.1. The van der Waals surface area contributed by atoms with Gasteiger partial charge < -0.3 is 10.5 Å². The van der Waals surface area contributed by atoms with Crippen molar-refractivity contribution in [1.82, 2.24) is 0 Å². The molecule has 2 aromatic carbocycles. The molecule has 0 radical (unpaired) electrons. The van der Waals surface area contributed by atoms with Gasteiger partial charge in [-0.05, 0) is 42.3 Å². The Bertz CT molecular complexity index is 548. The number of hydrogen-bond donors (Lipinski definition) is 1. The Morgan fingerprint density at radius 1 is 1.28 bits per heavy atom. The van der Waals surface area contributed by atoms with Gasteiger partial charge >= 0.3 is 0 Å². The standard InChI is InChI=1S/C14H13BrClNO/c1-9-5-11(15)7-13(17)14(9)18-8-10-3-2-4-12(16)6-10/h2-7H,8,17H2,1H3. The fourth-order valence-electron chi connectivity index (χ4n) is 1.74. The molecule has 0 saturated heterocycles. The lowest BCUT2D eigenvalue weighted by molar-refractivity contribution is 0.306. The molecule has 0 saturated carbocycles. The molecule has 94 valence electrons. The van der Waals surface area contributed by atoms with Crippen molar-refractivity contribution in [2.45, 2.75) is 13.5 Å². The van der Waals surface area contributed by atoms with Crippen molar-refractivity contribution in [2.75, 3.05) is 5.73 Å². The van der Waals surface area contributed by atoms with E-state index >= 15 is 0 Å². The van der Waals surface area contributed by atoms with E-state index in [0.29, 0.717) is 17.3 Å². The highest BCUT2D eigenvalue weighted by atomic mass is 79.9. The van der Waals surface area contributed by atoms with Crippen molar-refractivity contribution >= 4 is 33.2 Å². The maximum Gasteiger partial charge on any atom is 0.145 e. The first kappa shape index (κ1) is 13.2. The normalized spacial score (nSPS) is 10.4. The van der Waals surface area contributed by atoms with Gasteiger partial charge in [0.2, 0.25) is 0 Å². The van der Waals surface area contributed by atoms with Crippen LogP contribution in [0.2, 0.25) is 5.02 Å². The average Bonchev–Trinajstić information content (AvgIpc) is 2.27. The number of aryl methyl sites for hydroxylation is 1. The molecule has 0 heterocycles. The van der Waals surface area contributed by atoms with Gasteiger partial charge in [0.15, 0.2) is 0 Å². The summed E-state index contributed by atoms with van der Waals surface area (Å²) in [5, 5.41) is 0.705.